The number of carbonyl (C=O) groups excluding carboxylic acids is 1. The number of hydrogen-bond donors (Lipinski definition) is 2. The maximum absolute atomic E-state index is 13.7. The third-order valence-corrected chi connectivity index (χ3v) is 4.73. The van der Waals surface area contributed by atoms with Gasteiger partial charge in [-0.2, -0.15) is 0 Å². The molecule has 3 N–H and O–H groups in total. The molecule has 1 aromatic rings. The molecule has 21 heavy (non-hydrogen) atoms. The normalized spacial score (nSPS) is 21.2. The Balaban J connectivity index is 2.20. The number of halogens is 1. The van der Waals surface area contributed by atoms with E-state index in [1.54, 1.807) is 0 Å². The molecule has 1 saturated carbocycles. The third-order valence-electron chi connectivity index (χ3n) is 3.81. The number of amides is 1. The molecule has 1 aromatic carbocycles. The fraction of sp³-hybridized carbons (Fsp3) is 0.500. The zero-order valence-corrected chi connectivity index (χ0v) is 12.8. The molecule has 1 atom stereocenters. The molecule has 1 aliphatic rings. The molecule has 1 fully saturated rings. The molecule has 1 unspecified atom stereocenters. The molecule has 2 rings (SSSR count). The lowest BCUT2D eigenvalue weighted by molar-refractivity contribution is 0.0931. The van der Waals surface area contributed by atoms with Crippen LogP contribution in [0.2, 0.25) is 0 Å². The predicted octanol–water partition coefficient (Wildman–Crippen LogP) is 1.78. The Hall–Kier alpha value is -1.47. The van der Waals surface area contributed by atoms with Gasteiger partial charge in [-0.1, -0.05) is 13.8 Å². The van der Waals surface area contributed by atoms with E-state index >= 15 is 0 Å². The van der Waals surface area contributed by atoms with Crippen LogP contribution >= 0.6 is 0 Å². The molecule has 0 aromatic heterocycles. The summed E-state index contributed by atoms with van der Waals surface area (Å²) in [6.45, 7) is 4.22. The van der Waals surface area contributed by atoms with Crippen LogP contribution in [-0.2, 0) is 10.0 Å². The van der Waals surface area contributed by atoms with E-state index in [9.17, 15) is 17.6 Å². The lowest BCUT2D eigenvalue weighted by Gasteiger charge is -2.18. The molecule has 0 aliphatic heterocycles. The maximum atomic E-state index is 13.7. The van der Waals surface area contributed by atoms with Crippen molar-refractivity contribution >= 4 is 15.9 Å². The number of nitrogens with one attached hydrogen (secondary N) is 1. The van der Waals surface area contributed by atoms with Gasteiger partial charge in [-0.25, -0.2) is 17.9 Å². The molecule has 116 valence electrons. The quantitative estimate of drug-likeness (QED) is 0.891. The van der Waals surface area contributed by atoms with E-state index in [4.69, 9.17) is 5.14 Å². The van der Waals surface area contributed by atoms with Gasteiger partial charge in [0.2, 0.25) is 10.0 Å². The molecule has 1 aliphatic carbocycles. The standard InChI is InChI=1S/C14H19FN2O3S/c1-14(2)6-5-9(8-14)17-13(18)11-7-10(21(16,19)20)3-4-12(11)15/h3-4,7,9H,5-6,8H2,1-2H3,(H,17,18)(H2,16,19,20). The molecule has 0 bridgehead atoms. The van der Waals surface area contributed by atoms with Gasteiger partial charge in [0.15, 0.2) is 0 Å². The monoisotopic (exact) mass is 314 g/mol. The summed E-state index contributed by atoms with van der Waals surface area (Å²) >= 11 is 0. The van der Waals surface area contributed by atoms with Crippen molar-refractivity contribution < 1.29 is 17.6 Å². The maximum Gasteiger partial charge on any atom is 0.254 e. The highest BCUT2D eigenvalue weighted by molar-refractivity contribution is 7.89. The summed E-state index contributed by atoms with van der Waals surface area (Å²) < 4.78 is 36.3. The third kappa shape index (κ3) is 3.79. The van der Waals surface area contributed by atoms with Crippen LogP contribution in [0.25, 0.3) is 0 Å². The van der Waals surface area contributed by atoms with Crippen molar-refractivity contribution in [2.75, 3.05) is 0 Å². The predicted molar refractivity (Wildman–Crippen MR) is 76.7 cm³/mol. The summed E-state index contributed by atoms with van der Waals surface area (Å²) in [5, 5.41) is 7.75. The van der Waals surface area contributed by atoms with E-state index in [2.05, 4.69) is 19.2 Å². The first kappa shape index (κ1) is 15.9. The smallest absolute Gasteiger partial charge is 0.254 e. The van der Waals surface area contributed by atoms with Gasteiger partial charge in [0.25, 0.3) is 5.91 Å². The first-order valence-electron chi connectivity index (χ1n) is 6.72. The van der Waals surface area contributed by atoms with Crippen molar-refractivity contribution in [3.8, 4) is 0 Å². The average molecular weight is 314 g/mol. The van der Waals surface area contributed by atoms with Crippen LogP contribution < -0.4 is 10.5 Å². The molecule has 0 saturated heterocycles. The highest BCUT2D eigenvalue weighted by Crippen LogP contribution is 2.37. The van der Waals surface area contributed by atoms with Gasteiger partial charge in [-0.15, -0.1) is 0 Å². The van der Waals surface area contributed by atoms with Crippen LogP contribution in [0, 0.1) is 11.2 Å². The first-order valence-corrected chi connectivity index (χ1v) is 8.26. The second-order valence-electron chi connectivity index (χ2n) is 6.26. The van der Waals surface area contributed by atoms with E-state index in [1.807, 2.05) is 0 Å². The van der Waals surface area contributed by atoms with Gasteiger partial charge < -0.3 is 5.32 Å². The summed E-state index contributed by atoms with van der Waals surface area (Å²) in [7, 11) is -3.97. The largest absolute Gasteiger partial charge is 0.349 e. The second kappa shape index (κ2) is 5.38. The summed E-state index contributed by atoms with van der Waals surface area (Å²) in [6.07, 6.45) is 2.63. The highest BCUT2D eigenvalue weighted by Gasteiger charge is 2.32. The topological polar surface area (TPSA) is 89.3 Å². The molecule has 1 amide bonds. The van der Waals surface area contributed by atoms with Gasteiger partial charge in [-0.3, -0.25) is 4.79 Å². The number of benzene rings is 1. The van der Waals surface area contributed by atoms with Gasteiger partial charge in [0.05, 0.1) is 10.5 Å². The van der Waals surface area contributed by atoms with Crippen LogP contribution in [0.1, 0.15) is 43.5 Å². The minimum atomic E-state index is -3.97. The number of hydrogen-bond acceptors (Lipinski definition) is 3. The second-order valence-corrected chi connectivity index (χ2v) is 7.83. The fourth-order valence-electron chi connectivity index (χ4n) is 2.68. The van der Waals surface area contributed by atoms with Crippen molar-refractivity contribution in [1.82, 2.24) is 5.32 Å². The summed E-state index contributed by atoms with van der Waals surface area (Å²) in [5.74, 6) is -1.38. The Labute approximate surface area is 123 Å². The zero-order valence-electron chi connectivity index (χ0n) is 12.0. The van der Waals surface area contributed by atoms with Crippen LogP contribution in [0.4, 0.5) is 4.39 Å². The molecule has 5 nitrogen and oxygen atoms in total. The van der Waals surface area contributed by atoms with Crippen LogP contribution in [-0.4, -0.2) is 20.4 Å². The Morgan fingerprint density at radius 1 is 1.43 bits per heavy atom. The zero-order chi connectivity index (χ0) is 15.8. The Kier molecular flexibility index (Phi) is 4.08. The lowest BCUT2D eigenvalue weighted by atomic mass is 9.92. The number of primary sulfonamides is 1. The summed E-state index contributed by atoms with van der Waals surface area (Å²) in [6, 6.07) is 2.93. The first-order chi connectivity index (χ1) is 9.58. The van der Waals surface area contributed by atoms with E-state index in [0.29, 0.717) is 0 Å². The Morgan fingerprint density at radius 3 is 2.62 bits per heavy atom. The van der Waals surface area contributed by atoms with E-state index in [1.165, 1.54) is 0 Å². The molecule has 0 spiro atoms. The van der Waals surface area contributed by atoms with Crippen molar-refractivity contribution in [1.29, 1.82) is 0 Å². The van der Waals surface area contributed by atoms with Crippen LogP contribution in [0.3, 0.4) is 0 Å². The number of rotatable bonds is 3. The minimum Gasteiger partial charge on any atom is -0.349 e. The molecular weight excluding hydrogens is 295 g/mol. The molecule has 0 heterocycles. The lowest BCUT2D eigenvalue weighted by Crippen LogP contribution is -2.34. The average Bonchev–Trinajstić information content (AvgIpc) is 2.67. The van der Waals surface area contributed by atoms with E-state index < -0.39 is 21.7 Å². The molecular formula is C14H19FN2O3S. The number of sulfonamides is 1. The summed E-state index contributed by atoms with van der Waals surface area (Å²) in [4.78, 5) is 11.8. The minimum absolute atomic E-state index is 0.0231. The Morgan fingerprint density at radius 2 is 2.10 bits per heavy atom. The van der Waals surface area contributed by atoms with Crippen LogP contribution in [0.5, 0.6) is 0 Å². The van der Waals surface area contributed by atoms with Gasteiger partial charge in [0, 0.05) is 6.04 Å². The van der Waals surface area contributed by atoms with E-state index in [0.717, 1.165) is 37.5 Å². The van der Waals surface area contributed by atoms with Crippen molar-refractivity contribution in [2.45, 2.75) is 44.0 Å². The van der Waals surface area contributed by atoms with Crippen molar-refractivity contribution in [3.05, 3.63) is 29.6 Å². The van der Waals surface area contributed by atoms with Crippen molar-refractivity contribution in [2.24, 2.45) is 10.6 Å². The summed E-state index contributed by atoms with van der Waals surface area (Å²) in [5.41, 5.74) is -0.148. The van der Waals surface area contributed by atoms with Gasteiger partial charge in [-0.05, 0) is 42.9 Å². The van der Waals surface area contributed by atoms with Crippen LogP contribution in [0.15, 0.2) is 23.1 Å². The van der Waals surface area contributed by atoms with Gasteiger partial charge >= 0.3 is 0 Å². The number of nitrogens with two attached hydrogens (primary N) is 1. The van der Waals surface area contributed by atoms with E-state index in [-0.39, 0.29) is 21.9 Å². The van der Waals surface area contributed by atoms with Crippen molar-refractivity contribution in [3.63, 3.8) is 0 Å². The SMILES string of the molecule is CC1(C)CCC(NC(=O)c2cc(S(N)(=O)=O)ccc2F)C1. The van der Waals surface area contributed by atoms with Gasteiger partial charge in [0.1, 0.15) is 5.82 Å². The Bertz CT molecular complexity index is 671. The highest BCUT2D eigenvalue weighted by atomic mass is 32.2. The fourth-order valence-corrected chi connectivity index (χ4v) is 3.22. The molecule has 0 radical (unpaired) electrons. The molecule has 7 heteroatoms. The number of carbonyl (C=O) groups is 1.